The van der Waals surface area contributed by atoms with E-state index in [9.17, 15) is 4.79 Å². The van der Waals surface area contributed by atoms with Gasteiger partial charge in [-0.2, -0.15) is 11.8 Å². The molecule has 0 spiro atoms. The van der Waals surface area contributed by atoms with Gasteiger partial charge in [-0.3, -0.25) is 4.79 Å². The van der Waals surface area contributed by atoms with Crippen LogP contribution < -0.4 is 5.73 Å². The minimum atomic E-state index is -0.380. The van der Waals surface area contributed by atoms with E-state index in [1.54, 1.807) is 35.0 Å². The number of halogens is 1. The molecule has 0 saturated carbocycles. The summed E-state index contributed by atoms with van der Waals surface area (Å²) in [6.45, 7) is 0.619. The fourth-order valence-electron chi connectivity index (χ4n) is 1.43. The number of hydrogen-bond acceptors (Lipinski definition) is 4. The summed E-state index contributed by atoms with van der Waals surface area (Å²) in [7, 11) is 1.80. The summed E-state index contributed by atoms with van der Waals surface area (Å²) >= 11 is 6.75. The van der Waals surface area contributed by atoms with Gasteiger partial charge in [0.05, 0.1) is 9.83 Å². The smallest absolute Gasteiger partial charge is 0.239 e. The standard InChI is InChI=1S/C11H17BrN2OS2/c1-14(6-8-5-10(12)17-7-8)11(15)9(13)3-4-16-2/h5,7,9H,3-4,6,13H2,1-2H3/t9-/m1/s1. The maximum absolute atomic E-state index is 11.9. The van der Waals surface area contributed by atoms with Crippen molar-refractivity contribution in [1.82, 2.24) is 4.90 Å². The zero-order valence-corrected chi connectivity index (χ0v) is 13.2. The molecule has 6 heteroatoms. The number of nitrogens with zero attached hydrogens (tertiary/aromatic N) is 1. The van der Waals surface area contributed by atoms with Gasteiger partial charge in [-0.1, -0.05) is 0 Å². The van der Waals surface area contributed by atoms with Crippen molar-refractivity contribution in [3.05, 3.63) is 20.8 Å². The van der Waals surface area contributed by atoms with Gasteiger partial charge in [-0.25, -0.2) is 0 Å². The van der Waals surface area contributed by atoms with Crippen LogP contribution in [0.1, 0.15) is 12.0 Å². The number of amides is 1. The predicted molar refractivity (Wildman–Crippen MR) is 79.5 cm³/mol. The second-order valence-corrected chi connectivity index (χ2v) is 7.12. The first-order valence-electron chi connectivity index (χ1n) is 5.27. The van der Waals surface area contributed by atoms with Gasteiger partial charge in [0.1, 0.15) is 0 Å². The molecule has 3 nitrogen and oxygen atoms in total. The van der Waals surface area contributed by atoms with Crippen molar-refractivity contribution in [1.29, 1.82) is 0 Å². The van der Waals surface area contributed by atoms with Gasteiger partial charge >= 0.3 is 0 Å². The van der Waals surface area contributed by atoms with Gasteiger partial charge in [-0.05, 0) is 51.4 Å². The van der Waals surface area contributed by atoms with Crippen molar-refractivity contribution in [3.8, 4) is 0 Å². The zero-order valence-electron chi connectivity index (χ0n) is 9.98. The highest BCUT2D eigenvalue weighted by Gasteiger charge is 2.17. The molecule has 96 valence electrons. The lowest BCUT2D eigenvalue weighted by atomic mass is 10.2. The van der Waals surface area contributed by atoms with Crippen LogP contribution in [0, 0.1) is 0 Å². The van der Waals surface area contributed by atoms with Gasteiger partial charge in [-0.15, -0.1) is 11.3 Å². The van der Waals surface area contributed by atoms with Crippen LogP contribution in [-0.2, 0) is 11.3 Å². The van der Waals surface area contributed by atoms with Gasteiger partial charge in [0.15, 0.2) is 0 Å². The molecule has 1 aromatic rings. The number of carbonyl (C=O) groups excluding carboxylic acids is 1. The quantitative estimate of drug-likeness (QED) is 0.868. The second-order valence-electron chi connectivity index (χ2n) is 3.84. The number of likely N-dealkylation sites (N-methyl/N-ethyl adjacent to an activating group) is 1. The Morgan fingerprint density at radius 2 is 2.41 bits per heavy atom. The predicted octanol–water partition coefficient (Wildman–Crippen LogP) is 2.55. The van der Waals surface area contributed by atoms with E-state index in [0.29, 0.717) is 6.54 Å². The van der Waals surface area contributed by atoms with Crippen molar-refractivity contribution in [3.63, 3.8) is 0 Å². The minimum absolute atomic E-state index is 0.0152. The summed E-state index contributed by atoms with van der Waals surface area (Å²) in [5, 5.41) is 2.04. The molecule has 0 aliphatic carbocycles. The first-order valence-corrected chi connectivity index (χ1v) is 8.33. The summed E-state index contributed by atoms with van der Waals surface area (Å²) in [6, 6.07) is 1.65. The molecule has 0 fully saturated rings. The van der Waals surface area contributed by atoms with E-state index in [1.165, 1.54) is 0 Å². The average Bonchev–Trinajstić information content (AvgIpc) is 2.70. The van der Waals surface area contributed by atoms with Crippen LogP contribution in [0.25, 0.3) is 0 Å². The van der Waals surface area contributed by atoms with Gasteiger partial charge < -0.3 is 10.6 Å². The van der Waals surface area contributed by atoms with Gasteiger partial charge in [0.2, 0.25) is 5.91 Å². The monoisotopic (exact) mass is 336 g/mol. The number of thioether (sulfide) groups is 1. The van der Waals surface area contributed by atoms with E-state index in [-0.39, 0.29) is 11.9 Å². The molecule has 0 aromatic carbocycles. The molecule has 1 rings (SSSR count). The largest absolute Gasteiger partial charge is 0.340 e. The Balaban J connectivity index is 2.46. The van der Waals surface area contributed by atoms with E-state index in [4.69, 9.17) is 5.73 Å². The maximum Gasteiger partial charge on any atom is 0.239 e. The van der Waals surface area contributed by atoms with Crippen molar-refractivity contribution >= 4 is 44.9 Å². The Hall–Kier alpha value is -0.0400. The fraction of sp³-hybridized carbons (Fsp3) is 0.545. The zero-order chi connectivity index (χ0) is 12.8. The van der Waals surface area contributed by atoms with E-state index < -0.39 is 0 Å². The second kappa shape index (κ2) is 7.41. The van der Waals surface area contributed by atoms with Gasteiger partial charge in [0, 0.05) is 13.6 Å². The fourth-order valence-corrected chi connectivity index (χ4v) is 3.12. The third-order valence-corrected chi connectivity index (χ3v) is 4.57. The van der Waals surface area contributed by atoms with Crippen LogP contribution in [0.5, 0.6) is 0 Å². The van der Waals surface area contributed by atoms with E-state index in [2.05, 4.69) is 15.9 Å². The third-order valence-electron chi connectivity index (χ3n) is 2.37. The number of rotatable bonds is 6. The summed E-state index contributed by atoms with van der Waals surface area (Å²) in [4.78, 5) is 13.6. The topological polar surface area (TPSA) is 46.3 Å². The molecule has 0 aliphatic rings. The van der Waals surface area contributed by atoms with E-state index >= 15 is 0 Å². The highest BCUT2D eigenvalue weighted by atomic mass is 79.9. The molecule has 0 aliphatic heterocycles. The molecule has 0 unspecified atom stereocenters. The van der Waals surface area contributed by atoms with Crippen molar-refractivity contribution in [2.75, 3.05) is 19.1 Å². The molecule has 0 saturated heterocycles. The average molecular weight is 337 g/mol. The Kier molecular flexibility index (Phi) is 6.54. The number of hydrogen-bond donors (Lipinski definition) is 1. The van der Waals surface area contributed by atoms with Crippen LogP contribution in [0.3, 0.4) is 0 Å². The molecule has 2 N–H and O–H groups in total. The Morgan fingerprint density at radius 3 is 2.94 bits per heavy atom. The summed E-state index contributed by atoms with van der Waals surface area (Å²) in [6.07, 6.45) is 2.75. The summed E-state index contributed by atoms with van der Waals surface area (Å²) in [5.41, 5.74) is 6.99. The van der Waals surface area contributed by atoms with Crippen LogP contribution >= 0.6 is 39.0 Å². The van der Waals surface area contributed by atoms with Crippen LogP contribution in [0.2, 0.25) is 0 Å². The molecule has 1 aromatic heterocycles. The van der Waals surface area contributed by atoms with E-state index in [1.807, 2.05) is 17.7 Å². The molecule has 1 atom stereocenters. The normalized spacial score (nSPS) is 12.5. The Labute approximate surface area is 119 Å². The van der Waals surface area contributed by atoms with Crippen LogP contribution in [0.15, 0.2) is 15.2 Å². The van der Waals surface area contributed by atoms with E-state index in [0.717, 1.165) is 21.5 Å². The lowest BCUT2D eigenvalue weighted by molar-refractivity contribution is -0.131. The third kappa shape index (κ3) is 4.99. The Morgan fingerprint density at radius 1 is 1.71 bits per heavy atom. The first kappa shape index (κ1) is 15.0. The minimum Gasteiger partial charge on any atom is -0.340 e. The molecule has 1 amide bonds. The number of carbonyl (C=O) groups is 1. The lowest BCUT2D eigenvalue weighted by Gasteiger charge is -2.20. The van der Waals surface area contributed by atoms with Gasteiger partial charge in [0.25, 0.3) is 0 Å². The molecule has 0 bridgehead atoms. The Bertz CT molecular complexity index is 370. The summed E-state index contributed by atoms with van der Waals surface area (Å²) < 4.78 is 1.08. The van der Waals surface area contributed by atoms with Crippen LogP contribution in [0.4, 0.5) is 0 Å². The summed E-state index contributed by atoms with van der Waals surface area (Å²) in [5.74, 6) is 0.937. The maximum atomic E-state index is 11.9. The molecular weight excluding hydrogens is 320 g/mol. The lowest BCUT2D eigenvalue weighted by Crippen LogP contribution is -2.41. The molecule has 0 radical (unpaired) electrons. The SMILES string of the molecule is CSCC[C@@H](N)C(=O)N(C)Cc1csc(Br)c1. The molecule has 1 heterocycles. The van der Waals surface area contributed by atoms with Crippen molar-refractivity contribution in [2.45, 2.75) is 19.0 Å². The first-order chi connectivity index (χ1) is 8.04. The highest BCUT2D eigenvalue weighted by molar-refractivity contribution is 9.11. The molecule has 17 heavy (non-hydrogen) atoms. The van der Waals surface area contributed by atoms with Crippen LogP contribution in [-0.4, -0.2) is 35.9 Å². The number of thiophene rings is 1. The molecular formula is C11H17BrN2OS2. The van der Waals surface area contributed by atoms with Crippen molar-refractivity contribution in [2.24, 2.45) is 5.73 Å². The van der Waals surface area contributed by atoms with Crippen molar-refractivity contribution < 1.29 is 4.79 Å². The number of nitrogens with two attached hydrogens (primary N) is 1. The highest BCUT2D eigenvalue weighted by Crippen LogP contribution is 2.21.